The van der Waals surface area contributed by atoms with E-state index in [1.54, 1.807) is 29.7 Å². The second-order valence-corrected chi connectivity index (χ2v) is 2.96. The third-order valence-corrected chi connectivity index (χ3v) is 1.87. The quantitative estimate of drug-likeness (QED) is 0.260. The van der Waals surface area contributed by atoms with Gasteiger partial charge in [0.25, 0.3) is 0 Å². The Hall–Kier alpha value is -2.39. The molecule has 0 saturated heterocycles. The fourth-order valence-electron chi connectivity index (χ4n) is 1.03. The van der Waals surface area contributed by atoms with Gasteiger partial charge in [-0.25, -0.2) is 5.84 Å². The molecular formula is C10H10N4O2. The van der Waals surface area contributed by atoms with Gasteiger partial charge in [0.05, 0.1) is 11.6 Å². The molecule has 16 heavy (non-hydrogen) atoms. The van der Waals surface area contributed by atoms with E-state index < -0.39 is 11.8 Å². The monoisotopic (exact) mass is 218 g/mol. The van der Waals surface area contributed by atoms with Crippen LogP contribution in [0.25, 0.3) is 0 Å². The van der Waals surface area contributed by atoms with Crippen LogP contribution in [0.2, 0.25) is 0 Å². The molecule has 0 unspecified atom stereocenters. The van der Waals surface area contributed by atoms with E-state index in [4.69, 9.17) is 11.1 Å². The second kappa shape index (κ2) is 5.48. The van der Waals surface area contributed by atoms with Crippen LogP contribution in [0, 0.1) is 11.3 Å². The smallest absolute Gasteiger partial charge is 0.323 e. The largest absolute Gasteiger partial charge is 0.344 e. The van der Waals surface area contributed by atoms with Crippen LogP contribution in [0.5, 0.6) is 0 Å². The molecule has 0 aromatic heterocycles. The number of nitriles is 1. The number of hydrazine groups is 1. The van der Waals surface area contributed by atoms with Crippen molar-refractivity contribution in [3.05, 3.63) is 35.4 Å². The van der Waals surface area contributed by atoms with E-state index in [-0.39, 0.29) is 6.54 Å². The van der Waals surface area contributed by atoms with Crippen LogP contribution in [-0.2, 0) is 16.1 Å². The summed E-state index contributed by atoms with van der Waals surface area (Å²) in [6.45, 7) is 0.206. The normalized spacial score (nSPS) is 9.00. The molecule has 0 heterocycles. The molecule has 0 aliphatic heterocycles. The highest BCUT2D eigenvalue weighted by Gasteiger charge is 2.10. The zero-order valence-corrected chi connectivity index (χ0v) is 8.36. The zero-order chi connectivity index (χ0) is 12.0. The van der Waals surface area contributed by atoms with E-state index in [0.29, 0.717) is 5.56 Å². The van der Waals surface area contributed by atoms with Crippen molar-refractivity contribution >= 4 is 11.8 Å². The molecule has 4 N–H and O–H groups in total. The Balaban J connectivity index is 2.52. The van der Waals surface area contributed by atoms with Crippen molar-refractivity contribution in [1.82, 2.24) is 10.7 Å². The van der Waals surface area contributed by atoms with Crippen molar-refractivity contribution in [2.45, 2.75) is 6.54 Å². The molecule has 1 aromatic carbocycles. The van der Waals surface area contributed by atoms with Gasteiger partial charge in [-0.1, -0.05) is 12.1 Å². The molecular weight excluding hydrogens is 208 g/mol. The molecule has 2 amide bonds. The number of nitrogens with one attached hydrogen (secondary N) is 2. The molecule has 0 atom stereocenters. The predicted octanol–water partition coefficient (Wildman–Crippen LogP) is -0.836. The molecule has 1 rings (SSSR count). The van der Waals surface area contributed by atoms with E-state index in [9.17, 15) is 9.59 Å². The maximum absolute atomic E-state index is 11.0. The summed E-state index contributed by atoms with van der Waals surface area (Å²) in [6, 6.07) is 8.62. The molecule has 6 heteroatoms. The number of rotatable bonds is 2. The Kier molecular flexibility index (Phi) is 4.00. The van der Waals surface area contributed by atoms with Gasteiger partial charge in [-0.15, -0.1) is 0 Å². The summed E-state index contributed by atoms with van der Waals surface area (Å²) < 4.78 is 0. The summed E-state index contributed by atoms with van der Waals surface area (Å²) in [7, 11) is 0. The molecule has 0 aliphatic rings. The fourth-order valence-corrected chi connectivity index (χ4v) is 1.03. The van der Waals surface area contributed by atoms with E-state index >= 15 is 0 Å². The van der Waals surface area contributed by atoms with Gasteiger partial charge in [0.1, 0.15) is 0 Å². The Bertz CT molecular complexity index is 433. The van der Waals surface area contributed by atoms with Gasteiger partial charge >= 0.3 is 11.8 Å². The van der Waals surface area contributed by atoms with Crippen LogP contribution < -0.4 is 16.6 Å². The lowest BCUT2D eigenvalue weighted by Crippen LogP contribution is -2.42. The molecule has 1 aromatic rings. The van der Waals surface area contributed by atoms with Crippen molar-refractivity contribution in [2.24, 2.45) is 5.84 Å². The van der Waals surface area contributed by atoms with Crippen molar-refractivity contribution in [1.29, 1.82) is 5.26 Å². The van der Waals surface area contributed by atoms with Crippen molar-refractivity contribution in [3.63, 3.8) is 0 Å². The third-order valence-electron chi connectivity index (χ3n) is 1.87. The van der Waals surface area contributed by atoms with Crippen molar-refractivity contribution < 1.29 is 9.59 Å². The first kappa shape index (κ1) is 11.7. The summed E-state index contributed by atoms with van der Waals surface area (Å²) in [5.74, 6) is 3.09. The summed E-state index contributed by atoms with van der Waals surface area (Å²) >= 11 is 0. The SMILES string of the molecule is N#Cc1ccc(CNC(=O)C(=O)NN)cc1. The molecule has 0 radical (unpaired) electrons. The molecule has 0 fully saturated rings. The van der Waals surface area contributed by atoms with Gasteiger partial charge in [-0.05, 0) is 17.7 Å². The van der Waals surface area contributed by atoms with Gasteiger partial charge in [0.2, 0.25) is 0 Å². The number of hydrogen-bond acceptors (Lipinski definition) is 4. The van der Waals surface area contributed by atoms with E-state index in [2.05, 4.69) is 5.32 Å². The van der Waals surface area contributed by atoms with Crippen molar-refractivity contribution in [2.75, 3.05) is 0 Å². The molecule has 0 bridgehead atoms. The first-order valence-corrected chi connectivity index (χ1v) is 4.45. The van der Waals surface area contributed by atoms with Crippen LogP contribution in [0.3, 0.4) is 0 Å². The number of nitrogens with zero attached hydrogens (tertiary/aromatic N) is 1. The number of nitrogens with two attached hydrogens (primary N) is 1. The first-order valence-electron chi connectivity index (χ1n) is 4.45. The fraction of sp³-hybridized carbons (Fsp3) is 0.100. The lowest BCUT2D eigenvalue weighted by Gasteiger charge is -2.03. The molecule has 6 nitrogen and oxygen atoms in total. The highest BCUT2D eigenvalue weighted by Crippen LogP contribution is 2.02. The number of hydrogen-bond donors (Lipinski definition) is 3. The van der Waals surface area contributed by atoms with Crippen LogP contribution in [0.1, 0.15) is 11.1 Å². The Morgan fingerprint density at radius 2 is 1.88 bits per heavy atom. The molecule has 0 aliphatic carbocycles. The lowest BCUT2D eigenvalue weighted by molar-refractivity contribution is -0.139. The van der Waals surface area contributed by atoms with Crippen LogP contribution in [-0.4, -0.2) is 11.8 Å². The highest BCUT2D eigenvalue weighted by molar-refractivity contribution is 6.34. The molecule has 0 spiro atoms. The number of carbonyl (C=O) groups excluding carboxylic acids is 2. The lowest BCUT2D eigenvalue weighted by atomic mass is 10.1. The van der Waals surface area contributed by atoms with Crippen LogP contribution >= 0.6 is 0 Å². The van der Waals surface area contributed by atoms with E-state index in [0.717, 1.165) is 5.56 Å². The number of amides is 2. The summed E-state index contributed by atoms with van der Waals surface area (Å²) in [5.41, 5.74) is 3.05. The minimum absolute atomic E-state index is 0.206. The highest BCUT2D eigenvalue weighted by atomic mass is 16.2. The van der Waals surface area contributed by atoms with E-state index in [1.807, 2.05) is 6.07 Å². The topological polar surface area (TPSA) is 108 Å². The minimum Gasteiger partial charge on any atom is -0.344 e. The maximum atomic E-state index is 11.0. The zero-order valence-electron chi connectivity index (χ0n) is 8.36. The number of benzene rings is 1. The van der Waals surface area contributed by atoms with Gasteiger partial charge in [0.15, 0.2) is 0 Å². The van der Waals surface area contributed by atoms with Crippen LogP contribution in [0.15, 0.2) is 24.3 Å². The number of carbonyl (C=O) groups is 2. The van der Waals surface area contributed by atoms with Crippen LogP contribution in [0.4, 0.5) is 0 Å². The second-order valence-electron chi connectivity index (χ2n) is 2.96. The van der Waals surface area contributed by atoms with Gasteiger partial charge in [-0.2, -0.15) is 5.26 Å². The minimum atomic E-state index is -0.895. The Labute approximate surface area is 92.0 Å². The van der Waals surface area contributed by atoms with Crippen molar-refractivity contribution in [3.8, 4) is 6.07 Å². The Morgan fingerprint density at radius 1 is 1.25 bits per heavy atom. The predicted molar refractivity (Wildman–Crippen MR) is 55.3 cm³/mol. The van der Waals surface area contributed by atoms with Gasteiger partial charge in [-0.3, -0.25) is 15.0 Å². The third kappa shape index (κ3) is 3.08. The summed E-state index contributed by atoms with van der Waals surface area (Å²) in [5, 5.41) is 10.9. The average molecular weight is 218 g/mol. The molecule has 0 saturated carbocycles. The molecule has 82 valence electrons. The Morgan fingerprint density at radius 3 is 2.38 bits per heavy atom. The van der Waals surface area contributed by atoms with Gasteiger partial charge < -0.3 is 5.32 Å². The standard InChI is InChI=1S/C10H10N4O2/c11-5-7-1-3-8(4-2-7)6-13-9(15)10(16)14-12/h1-4H,6,12H2,(H,13,15)(H,14,16). The van der Waals surface area contributed by atoms with E-state index in [1.165, 1.54) is 0 Å². The average Bonchev–Trinajstić information content (AvgIpc) is 2.35. The summed E-state index contributed by atoms with van der Waals surface area (Å²) in [6.07, 6.45) is 0. The van der Waals surface area contributed by atoms with Gasteiger partial charge in [0, 0.05) is 6.54 Å². The summed E-state index contributed by atoms with van der Waals surface area (Å²) in [4.78, 5) is 21.8. The maximum Gasteiger partial charge on any atom is 0.323 e. The first-order chi connectivity index (χ1) is 7.67.